The van der Waals surface area contributed by atoms with Gasteiger partial charge in [0.15, 0.2) is 0 Å². The SMILES string of the molecule is Oc1nc(NC2CCN(Sc3ccc(C4CCNCC4)c(F)c3)CC2)ncc1C(F)(F)F. The first-order valence-electron chi connectivity index (χ1n) is 10.6. The summed E-state index contributed by atoms with van der Waals surface area (Å²) in [5.41, 5.74) is -0.466. The lowest BCUT2D eigenvalue weighted by atomic mass is 9.90. The van der Waals surface area contributed by atoms with Crippen molar-refractivity contribution in [3.05, 3.63) is 41.3 Å². The van der Waals surface area contributed by atoms with Gasteiger partial charge in [0, 0.05) is 30.2 Å². The monoisotopic (exact) mass is 471 g/mol. The van der Waals surface area contributed by atoms with Gasteiger partial charge in [0.2, 0.25) is 11.8 Å². The zero-order valence-corrected chi connectivity index (χ0v) is 18.1. The van der Waals surface area contributed by atoms with Crippen LogP contribution in [-0.4, -0.2) is 51.6 Å². The fourth-order valence-electron chi connectivity index (χ4n) is 4.09. The van der Waals surface area contributed by atoms with Crippen LogP contribution in [0.2, 0.25) is 0 Å². The van der Waals surface area contributed by atoms with E-state index in [1.807, 2.05) is 12.1 Å². The Balaban J connectivity index is 1.29. The topological polar surface area (TPSA) is 73.3 Å². The average molecular weight is 472 g/mol. The van der Waals surface area contributed by atoms with Crippen LogP contribution in [0.4, 0.5) is 23.5 Å². The minimum Gasteiger partial charge on any atom is -0.493 e. The van der Waals surface area contributed by atoms with Gasteiger partial charge in [-0.3, -0.25) is 0 Å². The fraction of sp³-hybridized carbons (Fsp3) is 0.524. The van der Waals surface area contributed by atoms with Crippen molar-refractivity contribution in [2.75, 3.05) is 31.5 Å². The van der Waals surface area contributed by atoms with E-state index in [-0.39, 0.29) is 23.7 Å². The van der Waals surface area contributed by atoms with Gasteiger partial charge in [-0.15, -0.1) is 0 Å². The Morgan fingerprint density at radius 2 is 1.84 bits per heavy atom. The number of nitrogens with one attached hydrogen (secondary N) is 2. The van der Waals surface area contributed by atoms with E-state index in [1.165, 1.54) is 11.9 Å². The van der Waals surface area contributed by atoms with Crippen LogP contribution in [0.1, 0.15) is 42.7 Å². The number of rotatable bonds is 5. The van der Waals surface area contributed by atoms with E-state index in [2.05, 4.69) is 24.9 Å². The number of anilines is 1. The molecule has 0 spiro atoms. The van der Waals surface area contributed by atoms with Crippen molar-refractivity contribution in [3.63, 3.8) is 0 Å². The zero-order valence-electron chi connectivity index (χ0n) is 17.3. The molecule has 1 aromatic heterocycles. The second-order valence-electron chi connectivity index (χ2n) is 8.08. The van der Waals surface area contributed by atoms with Crippen LogP contribution < -0.4 is 10.6 Å². The lowest BCUT2D eigenvalue weighted by molar-refractivity contribution is -0.139. The van der Waals surface area contributed by atoms with Gasteiger partial charge in [-0.1, -0.05) is 6.07 Å². The van der Waals surface area contributed by atoms with Crippen molar-refractivity contribution in [3.8, 4) is 5.88 Å². The number of aromatic hydroxyl groups is 1. The number of piperidine rings is 2. The maximum absolute atomic E-state index is 14.7. The Labute approximate surface area is 188 Å². The molecule has 0 bridgehead atoms. The van der Waals surface area contributed by atoms with Gasteiger partial charge in [-0.2, -0.15) is 18.2 Å². The summed E-state index contributed by atoms with van der Waals surface area (Å²) in [5.74, 6) is -1.00. The minimum atomic E-state index is -4.70. The van der Waals surface area contributed by atoms with Crippen LogP contribution in [0.15, 0.2) is 29.3 Å². The first-order chi connectivity index (χ1) is 15.3. The summed E-state index contributed by atoms with van der Waals surface area (Å²) in [7, 11) is 0. The number of halogens is 4. The number of alkyl halides is 3. The Hall–Kier alpha value is -2.11. The standard InChI is InChI=1S/C21H25F4N5OS/c22-18-11-15(1-2-16(18)13-3-7-26-8-4-13)32-30-9-5-14(6-10-30)28-20-27-12-17(19(31)29-20)21(23,24)25/h1-2,11-14,26H,3-10H2,(H2,27,28,29,31). The summed E-state index contributed by atoms with van der Waals surface area (Å²) in [5, 5.41) is 15.8. The smallest absolute Gasteiger partial charge is 0.423 e. The van der Waals surface area contributed by atoms with E-state index in [1.54, 1.807) is 6.07 Å². The molecule has 1 aromatic carbocycles. The van der Waals surface area contributed by atoms with E-state index >= 15 is 0 Å². The van der Waals surface area contributed by atoms with Crippen molar-refractivity contribution >= 4 is 17.9 Å². The van der Waals surface area contributed by atoms with Gasteiger partial charge in [-0.05, 0) is 74.3 Å². The molecule has 0 amide bonds. The Kier molecular flexibility index (Phi) is 7.06. The first kappa shape index (κ1) is 23.1. The van der Waals surface area contributed by atoms with Crippen LogP contribution in [0.5, 0.6) is 5.88 Å². The molecule has 0 aliphatic carbocycles. The summed E-state index contributed by atoms with van der Waals surface area (Å²) < 4.78 is 54.9. The van der Waals surface area contributed by atoms with Gasteiger partial charge in [0.25, 0.3) is 0 Å². The maximum atomic E-state index is 14.7. The summed E-state index contributed by atoms with van der Waals surface area (Å²) in [6, 6.07) is 5.44. The van der Waals surface area contributed by atoms with Crippen molar-refractivity contribution in [1.82, 2.24) is 19.6 Å². The minimum absolute atomic E-state index is 0.0259. The van der Waals surface area contributed by atoms with E-state index in [0.717, 1.165) is 36.4 Å². The van der Waals surface area contributed by atoms with E-state index in [9.17, 15) is 22.7 Å². The average Bonchev–Trinajstić information content (AvgIpc) is 2.75. The number of hydrogen-bond donors (Lipinski definition) is 3. The molecule has 0 radical (unpaired) electrons. The molecule has 2 aliphatic heterocycles. The number of hydrogen-bond acceptors (Lipinski definition) is 7. The molecule has 0 unspecified atom stereocenters. The van der Waals surface area contributed by atoms with Crippen LogP contribution in [0.25, 0.3) is 0 Å². The molecule has 2 aliphatic rings. The van der Waals surface area contributed by atoms with Crippen LogP contribution in [0.3, 0.4) is 0 Å². The van der Waals surface area contributed by atoms with Gasteiger partial charge >= 0.3 is 6.18 Å². The molecule has 0 saturated carbocycles. The second-order valence-corrected chi connectivity index (χ2v) is 9.25. The molecule has 2 fully saturated rings. The molecule has 2 saturated heterocycles. The predicted molar refractivity (Wildman–Crippen MR) is 114 cm³/mol. The molecule has 6 nitrogen and oxygen atoms in total. The highest BCUT2D eigenvalue weighted by Crippen LogP contribution is 2.35. The van der Waals surface area contributed by atoms with Crippen molar-refractivity contribution in [1.29, 1.82) is 0 Å². The molecule has 3 heterocycles. The third-order valence-corrected chi connectivity index (χ3v) is 6.93. The lowest BCUT2D eigenvalue weighted by Gasteiger charge is -2.31. The molecule has 0 atom stereocenters. The lowest BCUT2D eigenvalue weighted by Crippen LogP contribution is -2.36. The second kappa shape index (κ2) is 9.80. The Morgan fingerprint density at radius 3 is 2.47 bits per heavy atom. The van der Waals surface area contributed by atoms with Gasteiger partial charge in [0.05, 0.1) is 0 Å². The summed E-state index contributed by atoms with van der Waals surface area (Å²) in [4.78, 5) is 8.05. The predicted octanol–water partition coefficient (Wildman–Crippen LogP) is 4.39. The quantitative estimate of drug-likeness (QED) is 0.441. The van der Waals surface area contributed by atoms with Crippen LogP contribution >= 0.6 is 11.9 Å². The van der Waals surface area contributed by atoms with Crippen molar-refractivity contribution < 1.29 is 22.7 Å². The van der Waals surface area contributed by atoms with Crippen molar-refractivity contribution in [2.45, 2.75) is 48.7 Å². The van der Waals surface area contributed by atoms with Crippen LogP contribution in [0, 0.1) is 5.82 Å². The fourth-order valence-corrected chi connectivity index (χ4v) is 5.07. The van der Waals surface area contributed by atoms with E-state index < -0.39 is 17.6 Å². The van der Waals surface area contributed by atoms with Crippen molar-refractivity contribution in [2.24, 2.45) is 0 Å². The third-order valence-electron chi connectivity index (χ3n) is 5.85. The Bertz CT molecular complexity index is 931. The molecule has 2 aromatic rings. The molecule has 3 N–H and O–H groups in total. The van der Waals surface area contributed by atoms with Crippen LogP contribution in [-0.2, 0) is 6.18 Å². The molecule has 32 heavy (non-hydrogen) atoms. The normalized spacial score (nSPS) is 19.2. The molecular formula is C21H25F4N5OS. The van der Waals surface area contributed by atoms with E-state index in [0.29, 0.717) is 32.1 Å². The third kappa shape index (κ3) is 5.62. The molecule has 4 rings (SSSR count). The Morgan fingerprint density at radius 1 is 1.12 bits per heavy atom. The van der Waals surface area contributed by atoms with Gasteiger partial charge < -0.3 is 15.7 Å². The largest absolute Gasteiger partial charge is 0.493 e. The highest BCUT2D eigenvalue weighted by atomic mass is 32.2. The summed E-state index contributed by atoms with van der Waals surface area (Å²) in [6.45, 7) is 3.26. The highest BCUT2D eigenvalue weighted by Gasteiger charge is 2.35. The molecular weight excluding hydrogens is 446 g/mol. The first-order valence-corrected chi connectivity index (χ1v) is 11.4. The molecule has 11 heteroatoms. The zero-order chi connectivity index (χ0) is 22.7. The number of nitrogens with zero attached hydrogens (tertiary/aromatic N) is 3. The summed E-state index contributed by atoms with van der Waals surface area (Å²) >= 11 is 1.51. The van der Waals surface area contributed by atoms with Gasteiger partial charge in [-0.25, -0.2) is 13.7 Å². The van der Waals surface area contributed by atoms with E-state index in [4.69, 9.17) is 0 Å². The summed E-state index contributed by atoms with van der Waals surface area (Å²) in [6.07, 6.45) is -0.787. The van der Waals surface area contributed by atoms with Gasteiger partial charge in [0.1, 0.15) is 11.4 Å². The maximum Gasteiger partial charge on any atom is 0.423 e. The number of benzene rings is 1. The number of aromatic nitrogens is 2. The molecule has 174 valence electrons. The highest BCUT2D eigenvalue weighted by molar-refractivity contribution is 7.97.